The first kappa shape index (κ1) is 16.4. The number of rotatable bonds is 6. The molecular formula is C14H18BrClFNO. The zero-order valence-corrected chi connectivity index (χ0v) is 13.4. The summed E-state index contributed by atoms with van der Waals surface area (Å²) in [7, 11) is 0. The van der Waals surface area contributed by atoms with E-state index in [1.54, 1.807) is 6.07 Å². The van der Waals surface area contributed by atoms with E-state index in [1.807, 2.05) is 0 Å². The Balaban J connectivity index is 2.78. The minimum Gasteiger partial charge on any atom is -0.351 e. The second-order valence-electron chi connectivity index (χ2n) is 4.62. The highest BCUT2D eigenvalue weighted by atomic mass is 79.9. The van der Waals surface area contributed by atoms with Crippen LogP contribution in [0, 0.1) is 11.2 Å². The van der Waals surface area contributed by atoms with Gasteiger partial charge < -0.3 is 5.32 Å². The Morgan fingerprint density at radius 2 is 2.05 bits per heavy atom. The van der Waals surface area contributed by atoms with Crippen molar-refractivity contribution in [2.45, 2.75) is 26.7 Å². The number of hydrogen-bond acceptors (Lipinski definition) is 1. The first-order chi connectivity index (χ1) is 8.99. The third-order valence-corrected chi connectivity index (χ3v) is 5.09. The fraction of sp³-hybridized carbons (Fsp3) is 0.500. The van der Waals surface area contributed by atoms with Gasteiger partial charge >= 0.3 is 0 Å². The standard InChI is InChI=1S/C14H18BrClFNO/c1-3-14(4-2,8-15)9-18-13(19)10-6-5-7-11(16)12(10)17/h5-7H,3-4,8-9H2,1-2H3,(H,18,19). The Bertz CT molecular complexity index is 441. The first-order valence-electron chi connectivity index (χ1n) is 6.28. The highest BCUT2D eigenvalue weighted by molar-refractivity contribution is 9.09. The minimum absolute atomic E-state index is 0.00467. The van der Waals surface area contributed by atoms with Crippen LogP contribution in [0.2, 0.25) is 5.02 Å². The molecule has 0 radical (unpaired) electrons. The summed E-state index contributed by atoms with van der Waals surface area (Å²) < 4.78 is 13.7. The van der Waals surface area contributed by atoms with Gasteiger partial charge in [0.25, 0.3) is 5.91 Å². The van der Waals surface area contributed by atoms with E-state index in [0.29, 0.717) is 6.54 Å². The van der Waals surface area contributed by atoms with E-state index < -0.39 is 11.7 Å². The molecule has 0 spiro atoms. The molecule has 106 valence electrons. The smallest absolute Gasteiger partial charge is 0.254 e. The van der Waals surface area contributed by atoms with Gasteiger partial charge in [0.05, 0.1) is 10.6 Å². The molecule has 0 unspecified atom stereocenters. The van der Waals surface area contributed by atoms with Crippen LogP contribution in [-0.4, -0.2) is 17.8 Å². The van der Waals surface area contributed by atoms with Gasteiger partial charge in [0.1, 0.15) is 0 Å². The summed E-state index contributed by atoms with van der Waals surface area (Å²) in [6.45, 7) is 4.67. The van der Waals surface area contributed by atoms with E-state index in [2.05, 4.69) is 35.1 Å². The molecule has 0 aliphatic heterocycles. The predicted molar refractivity (Wildman–Crippen MR) is 80.6 cm³/mol. The highest BCUT2D eigenvalue weighted by Gasteiger charge is 2.26. The summed E-state index contributed by atoms with van der Waals surface area (Å²) in [6, 6.07) is 4.43. The number of benzene rings is 1. The van der Waals surface area contributed by atoms with Gasteiger partial charge in [0, 0.05) is 11.9 Å². The van der Waals surface area contributed by atoms with E-state index in [1.165, 1.54) is 12.1 Å². The highest BCUT2D eigenvalue weighted by Crippen LogP contribution is 2.28. The molecule has 0 aromatic heterocycles. The Morgan fingerprint density at radius 3 is 2.58 bits per heavy atom. The van der Waals surface area contributed by atoms with E-state index in [4.69, 9.17) is 11.6 Å². The van der Waals surface area contributed by atoms with Gasteiger partial charge in [-0.15, -0.1) is 0 Å². The molecule has 0 heterocycles. The Labute approximate surface area is 126 Å². The van der Waals surface area contributed by atoms with Gasteiger partial charge in [0.2, 0.25) is 0 Å². The molecule has 19 heavy (non-hydrogen) atoms. The maximum atomic E-state index is 13.7. The molecule has 0 fully saturated rings. The lowest BCUT2D eigenvalue weighted by atomic mass is 9.84. The SMILES string of the molecule is CCC(CC)(CBr)CNC(=O)c1cccc(Cl)c1F. The number of amides is 1. The molecule has 1 aromatic carbocycles. The monoisotopic (exact) mass is 349 g/mol. The van der Waals surface area contributed by atoms with Crippen LogP contribution in [0.4, 0.5) is 4.39 Å². The average Bonchev–Trinajstić information content (AvgIpc) is 2.44. The Hall–Kier alpha value is -0.610. The van der Waals surface area contributed by atoms with Crippen molar-refractivity contribution >= 4 is 33.4 Å². The van der Waals surface area contributed by atoms with E-state index in [-0.39, 0.29) is 16.0 Å². The number of alkyl halides is 1. The quantitative estimate of drug-likeness (QED) is 0.757. The molecule has 1 amide bonds. The third-order valence-electron chi connectivity index (χ3n) is 3.60. The Morgan fingerprint density at radius 1 is 1.42 bits per heavy atom. The van der Waals surface area contributed by atoms with Crippen molar-refractivity contribution in [1.29, 1.82) is 0 Å². The van der Waals surface area contributed by atoms with Crippen molar-refractivity contribution in [2.24, 2.45) is 5.41 Å². The molecule has 1 aromatic rings. The number of carbonyl (C=O) groups is 1. The lowest BCUT2D eigenvalue weighted by Gasteiger charge is -2.29. The van der Waals surface area contributed by atoms with Gasteiger partial charge in [-0.2, -0.15) is 0 Å². The van der Waals surface area contributed by atoms with Gasteiger partial charge in [-0.3, -0.25) is 4.79 Å². The molecular weight excluding hydrogens is 333 g/mol. The maximum absolute atomic E-state index is 13.7. The molecule has 0 atom stereocenters. The molecule has 2 nitrogen and oxygen atoms in total. The zero-order chi connectivity index (χ0) is 14.5. The molecule has 5 heteroatoms. The summed E-state index contributed by atoms with van der Waals surface area (Å²) in [6.07, 6.45) is 1.88. The lowest BCUT2D eigenvalue weighted by molar-refractivity contribution is 0.0928. The number of hydrogen-bond donors (Lipinski definition) is 1. The fourth-order valence-electron chi connectivity index (χ4n) is 1.78. The van der Waals surface area contributed by atoms with Crippen molar-refractivity contribution in [1.82, 2.24) is 5.32 Å². The van der Waals surface area contributed by atoms with Crippen LogP contribution >= 0.6 is 27.5 Å². The minimum atomic E-state index is -0.667. The first-order valence-corrected chi connectivity index (χ1v) is 7.77. The second-order valence-corrected chi connectivity index (χ2v) is 5.59. The third kappa shape index (κ3) is 3.93. The van der Waals surface area contributed by atoms with Crippen LogP contribution in [0.25, 0.3) is 0 Å². The topological polar surface area (TPSA) is 29.1 Å². The molecule has 0 bridgehead atoms. The lowest BCUT2D eigenvalue weighted by Crippen LogP contribution is -2.38. The average molecular weight is 351 g/mol. The fourth-order valence-corrected chi connectivity index (χ4v) is 2.94. The summed E-state index contributed by atoms with van der Waals surface area (Å²) in [5, 5.41) is 3.55. The van der Waals surface area contributed by atoms with Crippen LogP contribution in [0.3, 0.4) is 0 Å². The van der Waals surface area contributed by atoms with Gasteiger partial charge in [-0.1, -0.05) is 47.4 Å². The van der Waals surface area contributed by atoms with E-state index >= 15 is 0 Å². The molecule has 0 aliphatic rings. The van der Waals surface area contributed by atoms with Crippen molar-refractivity contribution in [2.75, 3.05) is 11.9 Å². The normalized spacial score (nSPS) is 11.4. The van der Waals surface area contributed by atoms with Crippen LogP contribution in [0.5, 0.6) is 0 Å². The number of carbonyl (C=O) groups excluding carboxylic acids is 1. The van der Waals surface area contributed by atoms with Crippen LogP contribution < -0.4 is 5.32 Å². The van der Waals surface area contributed by atoms with Crippen LogP contribution in [0.1, 0.15) is 37.0 Å². The van der Waals surface area contributed by atoms with E-state index in [9.17, 15) is 9.18 Å². The maximum Gasteiger partial charge on any atom is 0.254 e. The van der Waals surface area contributed by atoms with Crippen molar-refractivity contribution < 1.29 is 9.18 Å². The molecule has 0 aliphatic carbocycles. The molecule has 0 saturated heterocycles. The summed E-state index contributed by atoms with van der Waals surface area (Å²) in [5.74, 6) is -1.09. The van der Waals surface area contributed by atoms with Crippen molar-refractivity contribution in [3.05, 3.63) is 34.6 Å². The second kappa shape index (κ2) is 7.25. The molecule has 0 saturated carbocycles. The Kier molecular flexibility index (Phi) is 6.27. The van der Waals surface area contributed by atoms with Crippen LogP contribution in [0.15, 0.2) is 18.2 Å². The van der Waals surface area contributed by atoms with Gasteiger partial charge in [0.15, 0.2) is 5.82 Å². The summed E-state index contributed by atoms with van der Waals surface area (Å²) >= 11 is 9.15. The van der Waals surface area contributed by atoms with Crippen molar-refractivity contribution in [3.63, 3.8) is 0 Å². The number of halogens is 3. The summed E-state index contributed by atoms with van der Waals surface area (Å²) in [4.78, 5) is 12.0. The van der Waals surface area contributed by atoms with Crippen molar-refractivity contribution in [3.8, 4) is 0 Å². The number of nitrogens with one attached hydrogen (secondary N) is 1. The largest absolute Gasteiger partial charge is 0.351 e. The zero-order valence-electron chi connectivity index (χ0n) is 11.1. The summed E-state index contributed by atoms with van der Waals surface area (Å²) in [5.41, 5.74) is -0.00627. The molecule has 1 N–H and O–H groups in total. The predicted octanol–water partition coefficient (Wildman–Crippen LogP) is 4.41. The van der Waals surface area contributed by atoms with E-state index in [0.717, 1.165) is 18.2 Å². The van der Waals surface area contributed by atoms with Gasteiger partial charge in [-0.25, -0.2) is 4.39 Å². The van der Waals surface area contributed by atoms with Crippen LogP contribution in [-0.2, 0) is 0 Å². The molecule has 1 rings (SSSR count). The van der Waals surface area contributed by atoms with Gasteiger partial charge in [-0.05, 0) is 30.4 Å².